The first-order chi connectivity index (χ1) is 8.52. The molecule has 2 fully saturated rings. The van der Waals surface area contributed by atoms with Crippen molar-refractivity contribution < 1.29 is 5.11 Å². The minimum absolute atomic E-state index is 0.146. The van der Waals surface area contributed by atoms with Gasteiger partial charge in [0.1, 0.15) is 0 Å². The van der Waals surface area contributed by atoms with Gasteiger partial charge in [0.25, 0.3) is 0 Å². The molecule has 2 N–H and O–H groups in total. The monoisotopic (exact) mass is 255 g/mol. The predicted octanol–water partition coefficient (Wildman–Crippen LogP) is 0.515. The highest BCUT2D eigenvalue weighted by atomic mass is 16.3. The molecule has 0 aromatic rings. The molecule has 1 heterocycles. The van der Waals surface area contributed by atoms with Crippen molar-refractivity contribution >= 4 is 0 Å². The summed E-state index contributed by atoms with van der Waals surface area (Å²) in [5, 5.41) is 13.2. The van der Waals surface area contributed by atoms with E-state index in [0.29, 0.717) is 12.1 Å². The Balaban J connectivity index is 1.78. The molecule has 2 aliphatic rings. The Labute approximate surface area is 111 Å². The number of hydrogen-bond donors (Lipinski definition) is 2. The first-order valence-corrected chi connectivity index (χ1v) is 7.30. The van der Waals surface area contributed by atoms with Crippen molar-refractivity contribution in [3.63, 3.8) is 0 Å². The van der Waals surface area contributed by atoms with Crippen molar-refractivity contribution in [1.82, 2.24) is 15.1 Å². The van der Waals surface area contributed by atoms with Gasteiger partial charge in [-0.05, 0) is 53.2 Å². The molecule has 2 rings (SSSR count). The quantitative estimate of drug-likeness (QED) is 0.695. The molecule has 1 saturated heterocycles. The van der Waals surface area contributed by atoms with E-state index in [0.717, 1.165) is 13.1 Å². The van der Waals surface area contributed by atoms with Crippen molar-refractivity contribution in [1.29, 1.82) is 0 Å². The van der Waals surface area contributed by atoms with Gasteiger partial charge >= 0.3 is 0 Å². The first-order valence-electron chi connectivity index (χ1n) is 7.30. The van der Waals surface area contributed by atoms with Crippen LogP contribution >= 0.6 is 0 Å². The normalized spacial score (nSPS) is 28.8. The SMILES string of the molecule is CN(CC1CCCN1C)CC(C)(CO)NC1CC1. The molecule has 0 amide bonds. The lowest BCUT2D eigenvalue weighted by Crippen LogP contribution is -2.55. The average molecular weight is 255 g/mol. The van der Waals surface area contributed by atoms with Gasteiger partial charge in [0, 0.05) is 25.2 Å². The Bertz CT molecular complexity index is 270. The van der Waals surface area contributed by atoms with Gasteiger partial charge in [-0.1, -0.05) is 0 Å². The average Bonchev–Trinajstić information content (AvgIpc) is 3.02. The van der Waals surface area contributed by atoms with E-state index in [2.05, 4.69) is 36.1 Å². The molecule has 4 nitrogen and oxygen atoms in total. The first kappa shape index (κ1) is 14.3. The van der Waals surface area contributed by atoms with Crippen LogP contribution in [0.15, 0.2) is 0 Å². The number of hydrogen-bond acceptors (Lipinski definition) is 4. The Morgan fingerprint density at radius 2 is 2.11 bits per heavy atom. The molecule has 1 aliphatic carbocycles. The van der Waals surface area contributed by atoms with E-state index in [1.54, 1.807) is 0 Å². The van der Waals surface area contributed by atoms with Gasteiger partial charge in [-0.25, -0.2) is 0 Å². The summed E-state index contributed by atoms with van der Waals surface area (Å²) >= 11 is 0. The number of likely N-dealkylation sites (N-methyl/N-ethyl adjacent to an activating group) is 2. The van der Waals surface area contributed by atoms with Crippen LogP contribution in [0.5, 0.6) is 0 Å². The third-order valence-electron chi connectivity index (χ3n) is 4.29. The van der Waals surface area contributed by atoms with Gasteiger partial charge < -0.3 is 20.2 Å². The smallest absolute Gasteiger partial charge is 0.0623 e. The number of aliphatic hydroxyl groups is 1. The van der Waals surface area contributed by atoms with Crippen molar-refractivity contribution in [2.75, 3.05) is 40.3 Å². The zero-order chi connectivity index (χ0) is 13.2. The van der Waals surface area contributed by atoms with Crippen molar-refractivity contribution in [2.45, 2.75) is 50.2 Å². The lowest BCUT2D eigenvalue weighted by molar-refractivity contribution is 0.117. The van der Waals surface area contributed by atoms with Crippen LogP contribution in [0.2, 0.25) is 0 Å². The molecule has 0 spiro atoms. The molecular formula is C14H29N3O. The lowest BCUT2D eigenvalue weighted by Gasteiger charge is -2.35. The third kappa shape index (κ3) is 3.92. The Morgan fingerprint density at radius 3 is 2.61 bits per heavy atom. The summed E-state index contributed by atoms with van der Waals surface area (Å²) in [4.78, 5) is 4.83. The van der Waals surface area contributed by atoms with Crippen LogP contribution in [0.4, 0.5) is 0 Å². The minimum Gasteiger partial charge on any atom is -0.394 e. The molecule has 4 heteroatoms. The van der Waals surface area contributed by atoms with Crippen LogP contribution in [0.3, 0.4) is 0 Å². The second-order valence-corrected chi connectivity index (χ2v) is 6.61. The fourth-order valence-electron chi connectivity index (χ4n) is 3.09. The zero-order valence-electron chi connectivity index (χ0n) is 12.2. The molecular weight excluding hydrogens is 226 g/mol. The number of nitrogens with zero attached hydrogens (tertiary/aromatic N) is 2. The lowest BCUT2D eigenvalue weighted by atomic mass is 10.0. The van der Waals surface area contributed by atoms with Crippen LogP contribution in [-0.2, 0) is 0 Å². The largest absolute Gasteiger partial charge is 0.394 e. The van der Waals surface area contributed by atoms with Crippen LogP contribution in [0, 0.1) is 0 Å². The topological polar surface area (TPSA) is 38.7 Å². The molecule has 2 atom stereocenters. The van der Waals surface area contributed by atoms with E-state index in [9.17, 15) is 5.11 Å². The van der Waals surface area contributed by atoms with E-state index in [1.807, 2.05) is 0 Å². The van der Waals surface area contributed by atoms with Crippen molar-refractivity contribution in [2.24, 2.45) is 0 Å². The highest BCUT2D eigenvalue weighted by Crippen LogP contribution is 2.23. The van der Waals surface area contributed by atoms with Crippen molar-refractivity contribution in [3.05, 3.63) is 0 Å². The summed E-state index contributed by atoms with van der Waals surface area (Å²) in [5.41, 5.74) is -0.146. The maximum absolute atomic E-state index is 9.62. The molecule has 1 saturated carbocycles. The van der Waals surface area contributed by atoms with E-state index in [1.165, 1.54) is 32.2 Å². The van der Waals surface area contributed by atoms with Gasteiger partial charge in [-0.15, -0.1) is 0 Å². The Kier molecular flexibility index (Phi) is 4.64. The summed E-state index contributed by atoms with van der Waals surface area (Å²) in [7, 11) is 4.40. The van der Waals surface area contributed by atoms with Crippen LogP contribution in [-0.4, -0.2) is 72.9 Å². The fraction of sp³-hybridized carbons (Fsp3) is 1.00. The van der Waals surface area contributed by atoms with E-state index in [-0.39, 0.29) is 12.1 Å². The standard InChI is InChI=1S/C14H29N3O/c1-14(11-18,15-12-6-7-12)10-16(2)9-13-5-4-8-17(13)3/h12-13,15,18H,4-11H2,1-3H3. The Hall–Kier alpha value is -0.160. The highest BCUT2D eigenvalue weighted by molar-refractivity contribution is 4.94. The molecule has 1 aliphatic heterocycles. The zero-order valence-corrected chi connectivity index (χ0v) is 12.2. The molecule has 106 valence electrons. The van der Waals surface area contributed by atoms with Crippen LogP contribution in [0.25, 0.3) is 0 Å². The number of aliphatic hydroxyl groups excluding tert-OH is 1. The fourth-order valence-corrected chi connectivity index (χ4v) is 3.09. The minimum atomic E-state index is -0.146. The second kappa shape index (κ2) is 5.87. The molecule has 0 aromatic heterocycles. The Morgan fingerprint density at radius 1 is 1.39 bits per heavy atom. The summed E-state index contributed by atoms with van der Waals surface area (Å²) < 4.78 is 0. The maximum atomic E-state index is 9.62. The number of nitrogens with one attached hydrogen (secondary N) is 1. The summed E-state index contributed by atoms with van der Waals surface area (Å²) in [6.07, 6.45) is 5.18. The summed E-state index contributed by atoms with van der Waals surface area (Å²) in [6.45, 7) is 5.62. The highest BCUT2D eigenvalue weighted by Gasteiger charge is 2.33. The van der Waals surface area contributed by atoms with E-state index >= 15 is 0 Å². The summed E-state index contributed by atoms with van der Waals surface area (Å²) in [6, 6.07) is 1.34. The van der Waals surface area contributed by atoms with E-state index in [4.69, 9.17) is 0 Å². The molecule has 2 unspecified atom stereocenters. The summed E-state index contributed by atoms with van der Waals surface area (Å²) in [5.74, 6) is 0. The number of rotatable bonds is 7. The van der Waals surface area contributed by atoms with Gasteiger partial charge in [0.2, 0.25) is 0 Å². The van der Waals surface area contributed by atoms with Crippen LogP contribution in [0.1, 0.15) is 32.6 Å². The number of likely N-dealkylation sites (tertiary alicyclic amines) is 1. The maximum Gasteiger partial charge on any atom is 0.0623 e. The van der Waals surface area contributed by atoms with Gasteiger partial charge in [-0.3, -0.25) is 0 Å². The molecule has 0 radical (unpaired) electrons. The molecule has 0 aromatic carbocycles. The predicted molar refractivity (Wildman–Crippen MR) is 74.8 cm³/mol. The van der Waals surface area contributed by atoms with Crippen molar-refractivity contribution in [3.8, 4) is 0 Å². The van der Waals surface area contributed by atoms with Crippen LogP contribution < -0.4 is 5.32 Å². The third-order valence-corrected chi connectivity index (χ3v) is 4.29. The van der Waals surface area contributed by atoms with E-state index < -0.39 is 0 Å². The molecule has 18 heavy (non-hydrogen) atoms. The van der Waals surface area contributed by atoms with Gasteiger partial charge in [0.15, 0.2) is 0 Å². The second-order valence-electron chi connectivity index (χ2n) is 6.61. The molecule has 0 bridgehead atoms. The van der Waals surface area contributed by atoms with Gasteiger partial charge in [0.05, 0.1) is 12.1 Å². The van der Waals surface area contributed by atoms with Gasteiger partial charge in [-0.2, -0.15) is 0 Å².